The van der Waals surface area contributed by atoms with E-state index in [1.165, 1.54) is 5.56 Å². The highest BCUT2D eigenvalue weighted by Crippen LogP contribution is 2.39. The molecule has 7 nitrogen and oxygen atoms in total. The molecular weight excluding hydrogens is 641 g/mol. The average Bonchev–Trinajstić information content (AvgIpc) is 3.99. The molecule has 0 saturated carbocycles. The van der Waals surface area contributed by atoms with E-state index in [1.54, 1.807) is 0 Å². The Hall–Kier alpha value is -6.73. The fourth-order valence-corrected chi connectivity index (χ4v) is 7.01. The van der Waals surface area contributed by atoms with Crippen LogP contribution in [-0.2, 0) is 21.1 Å². The number of aromatic nitrogens is 6. The summed E-state index contributed by atoms with van der Waals surface area (Å²) < 4.78 is 13.0. The number of hydrogen-bond donors (Lipinski definition) is 1. The van der Waals surface area contributed by atoms with Gasteiger partial charge in [0.2, 0.25) is 0 Å². The number of hydrogen-bond acceptors (Lipinski definition) is 3. The van der Waals surface area contributed by atoms with E-state index >= 15 is 0 Å². The van der Waals surface area contributed by atoms with Crippen LogP contribution in [0.25, 0.3) is 91.0 Å². The van der Waals surface area contributed by atoms with E-state index in [1.807, 2.05) is 34.8 Å². The van der Waals surface area contributed by atoms with Crippen molar-refractivity contribution in [3.8, 4) is 44.5 Å². The highest BCUT2D eigenvalue weighted by atomic mass is 16.3. The first kappa shape index (κ1) is 31.3. The standard InChI is InChI=1S/C45H36N6O/c1-29-5-7-30(8-6-29)44-38-13-11-36(47-38)42(31-17-23-49(2)24-18-31)34-9-10-35(46-34)43(32-19-25-50(3)26-20-32)37-12-14-39(48-37)45(41-16-15-40(44)52-41)33-21-27-51(4)28-22-33/h5-28H,1-4H3/q+2/p+1. The molecule has 0 unspecified atom stereocenters. The van der Waals surface area contributed by atoms with E-state index < -0.39 is 0 Å². The summed E-state index contributed by atoms with van der Waals surface area (Å²) in [6.07, 6.45) is 20.8. The first-order chi connectivity index (χ1) is 25.4. The molecule has 7 heteroatoms. The molecule has 2 aliphatic rings. The quantitative estimate of drug-likeness (QED) is 0.191. The second kappa shape index (κ2) is 12.5. The van der Waals surface area contributed by atoms with Crippen molar-refractivity contribution in [2.75, 3.05) is 0 Å². The maximum absolute atomic E-state index is 6.90. The first-order valence-electron chi connectivity index (χ1n) is 17.4. The van der Waals surface area contributed by atoms with E-state index in [2.05, 4.69) is 158 Å². The molecule has 0 atom stereocenters. The van der Waals surface area contributed by atoms with Gasteiger partial charge in [0.25, 0.3) is 0 Å². The van der Waals surface area contributed by atoms with E-state index in [4.69, 9.17) is 14.4 Å². The largest absolute Gasteiger partial charge is 0.456 e. The van der Waals surface area contributed by atoms with E-state index in [9.17, 15) is 0 Å². The minimum absolute atomic E-state index is 0.733. The molecule has 8 heterocycles. The Labute approximate surface area is 301 Å². The van der Waals surface area contributed by atoms with Crippen LogP contribution in [0, 0.1) is 6.92 Å². The molecular formula is C45H37N6O+3. The summed E-state index contributed by atoms with van der Waals surface area (Å²) in [5, 5.41) is 0. The van der Waals surface area contributed by atoms with Gasteiger partial charge in [-0.1, -0.05) is 29.8 Å². The van der Waals surface area contributed by atoms with Crippen molar-refractivity contribution in [1.82, 2.24) is 15.0 Å². The molecule has 0 amide bonds. The van der Waals surface area contributed by atoms with Gasteiger partial charge in [0.1, 0.15) is 32.3 Å². The molecule has 0 aliphatic carbocycles. The summed E-state index contributed by atoms with van der Waals surface area (Å²) in [5.74, 6) is 0. The SMILES string of the molecule is Cc1ccc(-c2c3nc(c(-c4cc[n+](C)cc4)c4ccc([nH]4)c(-c4cc[n+](C)cc4)c4nc(c(-c5cc[n+](C)cc5)c5ccc2o5)C=C4)C=C3)cc1. The molecule has 0 radical (unpaired) electrons. The topological polar surface area (TPSA) is 66.4 Å². The van der Waals surface area contributed by atoms with E-state index in [0.717, 1.165) is 89.5 Å². The third kappa shape index (κ3) is 5.62. The highest BCUT2D eigenvalue weighted by molar-refractivity contribution is 5.98. The molecule has 7 aromatic rings. The van der Waals surface area contributed by atoms with Gasteiger partial charge in [0, 0.05) is 58.6 Å². The number of H-pyrrole nitrogens is 1. The van der Waals surface area contributed by atoms with Crippen LogP contribution in [0.15, 0.2) is 127 Å². The third-order valence-corrected chi connectivity index (χ3v) is 9.77. The van der Waals surface area contributed by atoms with Gasteiger partial charge in [-0.3, -0.25) is 0 Å². The molecule has 52 heavy (non-hydrogen) atoms. The molecule has 9 rings (SSSR count). The number of furan rings is 1. The van der Waals surface area contributed by atoms with Gasteiger partial charge in [0.15, 0.2) is 37.2 Å². The van der Waals surface area contributed by atoms with Crippen LogP contribution in [0.3, 0.4) is 0 Å². The van der Waals surface area contributed by atoms with Crippen LogP contribution in [-0.4, -0.2) is 15.0 Å². The number of fused-ring (bicyclic) bond motifs is 8. The van der Waals surface area contributed by atoms with Gasteiger partial charge in [-0.15, -0.1) is 0 Å². The Morgan fingerprint density at radius 2 is 0.769 bits per heavy atom. The predicted octanol–water partition coefficient (Wildman–Crippen LogP) is 8.37. The third-order valence-electron chi connectivity index (χ3n) is 9.77. The number of aryl methyl sites for hydroxylation is 4. The first-order valence-corrected chi connectivity index (χ1v) is 17.4. The van der Waals surface area contributed by atoms with E-state index in [0.29, 0.717) is 0 Å². The molecule has 0 spiro atoms. The minimum Gasteiger partial charge on any atom is -0.456 e. The lowest BCUT2D eigenvalue weighted by Gasteiger charge is -2.06. The van der Waals surface area contributed by atoms with Crippen molar-refractivity contribution in [3.63, 3.8) is 0 Å². The average molecular weight is 678 g/mol. The Morgan fingerprint density at radius 3 is 1.17 bits per heavy atom. The maximum Gasteiger partial charge on any atom is 0.169 e. The van der Waals surface area contributed by atoms with Crippen molar-refractivity contribution in [1.29, 1.82) is 0 Å². The van der Waals surface area contributed by atoms with Crippen LogP contribution in [0.5, 0.6) is 0 Å². The fourth-order valence-electron chi connectivity index (χ4n) is 7.01. The molecule has 2 aliphatic heterocycles. The van der Waals surface area contributed by atoms with Gasteiger partial charge in [0.05, 0.1) is 33.9 Å². The zero-order chi connectivity index (χ0) is 35.3. The minimum atomic E-state index is 0.733. The molecule has 0 fully saturated rings. The summed E-state index contributed by atoms with van der Waals surface area (Å²) in [7, 11) is 6.08. The fraction of sp³-hybridized carbons (Fsp3) is 0.0889. The smallest absolute Gasteiger partial charge is 0.169 e. The number of nitrogens with zero attached hydrogens (tertiary/aromatic N) is 5. The van der Waals surface area contributed by atoms with Crippen molar-refractivity contribution in [2.24, 2.45) is 21.1 Å². The second-order valence-electron chi connectivity index (χ2n) is 13.5. The zero-order valence-corrected chi connectivity index (χ0v) is 29.5. The molecule has 0 saturated heterocycles. The number of nitrogens with one attached hydrogen (secondary N) is 1. The van der Waals surface area contributed by atoms with Crippen LogP contribution >= 0.6 is 0 Å². The summed E-state index contributed by atoms with van der Waals surface area (Å²) in [6, 6.07) is 29.8. The lowest BCUT2D eigenvalue weighted by Crippen LogP contribution is -2.25. The number of rotatable bonds is 4. The van der Waals surface area contributed by atoms with Crippen molar-refractivity contribution in [2.45, 2.75) is 6.92 Å². The summed E-state index contributed by atoms with van der Waals surface area (Å²) >= 11 is 0. The number of benzene rings is 1. The Kier molecular flexibility index (Phi) is 7.55. The van der Waals surface area contributed by atoms with Crippen molar-refractivity contribution >= 4 is 46.5 Å². The van der Waals surface area contributed by atoms with Gasteiger partial charge < -0.3 is 9.40 Å². The van der Waals surface area contributed by atoms with Crippen LogP contribution in [0.1, 0.15) is 28.3 Å². The van der Waals surface area contributed by atoms with Crippen LogP contribution in [0.4, 0.5) is 0 Å². The molecule has 6 aromatic heterocycles. The van der Waals surface area contributed by atoms with Gasteiger partial charge in [-0.05, 0) is 77.7 Å². The Morgan fingerprint density at radius 1 is 0.423 bits per heavy atom. The van der Waals surface area contributed by atoms with Gasteiger partial charge in [-0.2, -0.15) is 0 Å². The van der Waals surface area contributed by atoms with Crippen LogP contribution < -0.4 is 13.7 Å². The molecule has 1 aromatic carbocycles. The summed E-state index contributed by atoms with van der Waals surface area (Å²) in [5.41, 5.74) is 16.0. The van der Waals surface area contributed by atoms with E-state index in [-0.39, 0.29) is 0 Å². The van der Waals surface area contributed by atoms with Crippen molar-refractivity contribution in [3.05, 3.63) is 150 Å². The Bertz CT molecular complexity index is 2360. The van der Waals surface area contributed by atoms with Crippen molar-refractivity contribution < 1.29 is 18.1 Å². The maximum atomic E-state index is 6.90. The zero-order valence-electron chi connectivity index (χ0n) is 29.5. The lowest BCUT2D eigenvalue weighted by atomic mass is 10.0. The highest BCUT2D eigenvalue weighted by Gasteiger charge is 2.20. The molecule has 8 bridgehead atoms. The second-order valence-corrected chi connectivity index (χ2v) is 13.5. The Balaban J connectivity index is 1.47. The predicted molar refractivity (Wildman–Crippen MR) is 207 cm³/mol. The number of aromatic amines is 1. The number of pyridine rings is 3. The van der Waals surface area contributed by atoms with Crippen LogP contribution in [0.2, 0.25) is 0 Å². The molecule has 250 valence electrons. The summed E-state index contributed by atoms with van der Waals surface area (Å²) in [4.78, 5) is 14.5. The summed E-state index contributed by atoms with van der Waals surface area (Å²) in [6.45, 7) is 2.10. The van der Waals surface area contributed by atoms with Gasteiger partial charge >= 0.3 is 0 Å². The normalized spacial score (nSPS) is 12.1. The molecule has 1 N–H and O–H groups in total. The van der Waals surface area contributed by atoms with Gasteiger partial charge in [-0.25, -0.2) is 23.7 Å². The monoisotopic (exact) mass is 677 g/mol. The lowest BCUT2D eigenvalue weighted by molar-refractivity contribution is -0.671.